The summed E-state index contributed by atoms with van der Waals surface area (Å²) in [5.41, 5.74) is -0.350. The lowest BCUT2D eigenvalue weighted by atomic mass is 10.3. The highest BCUT2D eigenvalue weighted by molar-refractivity contribution is 9.11. The van der Waals surface area contributed by atoms with Gasteiger partial charge in [-0.2, -0.15) is 0 Å². The minimum absolute atomic E-state index is 0. The van der Waals surface area contributed by atoms with Crippen LogP contribution in [-0.4, -0.2) is 4.92 Å². The fraction of sp³-hybridized carbons (Fsp3) is 0. The Balaban J connectivity index is 0.00000169. The van der Waals surface area contributed by atoms with Crippen molar-refractivity contribution in [1.29, 1.82) is 5.39 Å². The lowest BCUT2D eigenvalue weighted by Gasteiger charge is -1.91. The van der Waals surface area contributed by atoms with Gasteiger partial charge in [-0.05, 0) is 22.0 Å². The van der Waals surface area contributed by atoms with Gasteiger partial charge >= 0.3 is 11.4 Å². The smallest absolute Gasteiger partial charge is 0.475 e. The van der Waals surface area contributed by atoms with Crippen molar-refractivity contribution >= 4 is 43.2 Å². The molecule has 74 valence electrons. The Morgan fingerprint density at radius 2 is 2.00 bits per heavy atom. The average molecular weight is 343 g/mol. The third-order valence-corrected chi connectivity index (χ3v) is 2.37. The first-order chi connectivity index (χ1) is 6.06. The van der Waals surface area contributed by atoms with Gasteiger partial charge in [0.05, 0.1) is 4.92 Å². The van der Waals surface area contributed by atoms with E-state index < -0.39 is 4.92 Å². The summed E-state index contributed by atoms with van der Waals surface area (Å²) in [5.74, 6) is 0. The van der Waals surface area contributed by atoms with E-state index in [1.807, 2.05) is 0 Å². The van der Waals surface area contributed by atoms with Crippen LogP contribution < -0.4 is 12.4 Å². The van der Waals surface area contributed by atoms with Gasteiger partial charge in [0.15, 0.2) is 4.98 Å². The molecule has 0 radical (unpaired) electrons. The second-order valence-electron chi connectivity index (χ2n) is 2.11. The van der Waals surface area contributed by atoms with E-state index in [-0.39, 0.29) is 23.8 Å². The average Bonchev–Trinajstić information content (AvgIpc) is 2.02. The molecule has 0 aliphatic heterocycles. The predicted octanol–water partition coefficient (Wildman–Crippen LogP) is 0.608. The summed E-state index contributed by atoms with van der Waals surface area (Å²) in [7, 11) is 0. The summed E-state index contributed by atoms with van der Waals surface area (Å²) >= 11 is 6.13. The molecule has 0 amide bonds. The van der Waals surface area contributed by atoms with Gasteiger partial charge in [-0.1, -0.05) is 15.9 Å². The molecule has 0 heterocycles. The second kappa shape index (κ2) is 5.24. The van der Waals surface area contributed by atoms with Gasteiger partial charge in [-0.25, -0.2) is 0 Å². The molecule has 5 nitrogen and oxygen atoms in total. The molecule has 1 aromatic carbocycles. The Hall–Kier alpha value is -0.710. The molecule has 0 N–H and O–H groups in total. The van der Waals surface area contributed by atoms with Crippen molar-refractivity contribution in [3.05, 3.63) is 36.2 Å². The molecule has 1 aromatic rings. The zero-order valence-corrected chi connectivity index (χ0v) is 10.4. The van der Waals surface area contributed by atoms with E-state index in [9.17, 15) is 10.1 Å². The van der Waals surface area contributed by atoms with Crippen LogP contribution in [0.4, 0.5) is 11.4 Å². The summed E-state index contributed by atoms with van der Waals surface area (Å²) in [6.45, 7) is 0. The van der Waals surface area contributed by atoms with Crippen LogP contribution >= 0.6 is 31.9 Å². The van der Waals surface area contributed by atoms with Crippen LogP contribution in [0.25, 0.3) is 4.98 Å². The van der Waals surface area contributed by atoms with Crippen LogP contribution in [0.15, 0.2) is 21.1 Å². The second-order valence-corrected chi connectivity index (χ2v) is 3.88. The molecule has 0 saturated carbocycles. The maximum atomic E-state index is 10.5. The minimum Gasteiger partial charge on any atom is -1.00 e. The fourth-order valence-electron chi connectivity index (χ4n) is 0.791. The Bertz CT molecular complexity index is 418. The SMILES string of the molecule is N#[N+]c1c(Br)cc(Br)cc1[N+](=O)[O-].[Cl-]. The standard InChI is InChI=1S/C6H2Br2N3O2.ClH/c7-3-1-4(8)6(10-9)5(2-3)11(12)13;/h1-2H;1H/q+1;/p-1. The van der Waals surface area contributed by atoms with Crippen molar-refractivity contribution in [2.24, 2.45) is 0 Å². The highest BCUT2D eigenvalue weighted by atomic mass is 79.9. The van der Waals surface area contributed by atoms with Gasteiger partial charge in [0, 0.05) is 10.5 Å². The lowest BCUT2D eigenvalue weighted by Crippen LogP contribution is -3.00. The Labute approximate surface area is 102 Å². The van der Waals surface area contributed by atoms with Crippen molar-refractivity contribution in [2.45, 2.75) is 0 Å². The molecular weight excluding hydrogens is 341 g/mol. The van der Waals surface area contributed by atoms with E-state index in [4.69, 9.17) is 5.39 Å². The number of nitro groups is 1. The summed E-state index contributed by atoms with van der Waals surface area (Å²) in [5, 5.41) is 19.0. The van der Waals surface area contributed by atoms with Gasteiger partial charge in [0.25, 0.3) is 0 Å². The number of halogens is 3. The third kappa shape index (κ3) is 2.64. The molecular formula is C6H2Br2ClN3O2. The molecule has 1 rings (SSSR count). The molecule has 14 heavy (non-hydrogen) atoms. The van der Waals surface area contributed by atoms with Gasteiger partial charge in [0.1, 0.15) is 4.47 Å². The quantitative estimate of drug-likeness (QED) is 0.426. The molecule has 0 aromatic heterocycles. The Morgan fingerprint density at radius 3 is 2.43 bits per heavy atom. The van der Waals surface area contributed by atoms with Gasteiger partial charge in [0.2, 0.25) is 5.39 Å². The van der Waals surface area contributed by atoms with Gasteiger partial charge < -0.3 is 12.4 Å². The normalized spacial score (nSPS) is 8.64. The number of rotatable bonds is 1. The van der Waals surface area contributed by atoms with E-state index in [0.29, 0.717) is 8.95 Å². The zero-order chi connectivity index (χ0) is 10.0. The summed E-state index contributed by atoms with van der Waals surface area (Å²) in [6, 6.07) is 2.82. The Kier molecular flexibility index (Phi) is 4.97. The van der Waals surface area contributed by atoms with E-state index in [0.717, 1.165) is 0 Å². The van der Waals surface area contributed by atoms with Crippen LogP contribution in [0.3, 0.4) is 0 Å². The molecule has 8 heteroatoms. The number of benzene rings is 1. The van der Waals surface area contributed by atoms with E-state index in [1.54, 1.807) is 6.07 Å². The van der Waals surface area contributed by atoms with Crippen LogP contribution in [0.1, 0.15) is 0 Å². The molecule has 0 fully saturated rings. The highest BCUT2D eigenvalue weighted by Crippen LogP contribution is 2.37. The molecule has 0 bridgehead atoms. The first-order valence-corrected chi connectivity index (χ1v) is 4.63. The number of diazo groups is 1. The molecule has 0 spiro atoms. The van der Waals surface area contributed by atoms with Crippen molar-refractivity contribution in [3.63, 3.8) is 0 Å². The maximum Gasteiger partial charge on any atom is 0.475 e. The van der Waals surface area contributed by atoms with Crippen LogP contribution in [0.5, 0.6) is 0 Å². The molecule has 0 aliphatic rings. The van der Waals surface area contributed by atoms with E-state index in [2.05, 4.69) is 36.8 Å². The Morgan fingerprint density at radius 1 is 1.43 bits per heavy atom. The van der Waals surface area contributed by atoms with Crippen LogP contribution in [-0.2, 0) is 0 Å². The summed E-state index contributed by atoms with van der Waals surface area (Å²) in [4.78, 5) is 12.7. The van der Waals surface area contributed by atoms with Crippen molar-refractivity contribution in [3.8, 4) is 0 Å². The fourth-order valence-corrected chi connectivity index (χ4v) is 2.07. The number of nitro benzene ring substituents is 1. The van der Waals surface area contributed by atoms with Crippen molar-refractivity contribution in [2.75, 3.05) is 0 Å². The zero-order valence-electron chi connectivity index (χ0n) is 6.45. The number of hydrogen-bond donors (Lipinski definition) is 0. The topological polar surface area (TPSA) is 71.3 Å². The minimum atomic E-state index is -0.620. The predicted molar refractivity (Wildman–Crippen MR) is 53.2 cm³/mol. The highest BCUT2D eigenvalue weighted by Gasteiger charge is 2.28. The van der Waals surface area contributed by atoms with Crippen molar-refractivity contribution in [1.82, 2.24) is 0 Å². The lowest BCUT2D eigenvalue weighted by molar-refractivity contribution is -0.383. The summed E-state index contributed by atoms with van der Waals surface area (Å²) < 4.78 is 0.898. The van der Waals surface area contributed by atoms with Gasteiger partial charge in [-0.3, -0.25) is 10.1 Å². The first kappa shape index (κ1) is 13.3. The monoisotopic (exact) mass is 341 g/mol. The van der Waals surface area contributed by atoms with Crippen LogP contribution in [0.2, 0.25) is 0 Å². The summed E-state index contributed by atoms with van der Waals surface area (Å²) in [6.07, 6.45) is 0. The number of nitrogens with zero attached hydrogens (tertiary/aromatic N) is 3. The van der Waals surface area contributed by atoms with E-state index >= 15 is 0 Å². The molecule has 0 aliphatic carbocycles. The first-order valence-electron chi connectivity index (χ1n) is 3.05. The molecule has 0 saturated heterocycles. The molecule has 0 unspecified atom stereocenters. The van der Waals surface area contributed by atoms with Crippen molar-refractivity contribution < 1.29 is 17.3 Å². The number of hydrogen-bond acceptors (Lipinski definition) is 3. The molecule has 0 atom stereocenters. The van der Waals surface area contributed by atoms with Crippen LogP contribution in [0, 0.1) is 15.5 Å². The maximum absolute atomic E-state index is 10.5. The van der Waals surface area contributed by atoms with Gasteiger partial charge in [-0.15, -0.1) is 0 Å². The third-order valence-electron chi connectivity index (χ3n) is 1.30. The van der Waals surface area contributed by atoms with E-state index in [1.165, 1.54) is 6.07 Å². The largest absolute Gasteiger partial charge is 1.00 e.